The van der Waals surface area contributed by atoms with Gasteiger partial charge in [0.05, 0.1) is 16.0 Å². The van der Waals surface area contributed by atoms with Gasteiger partial charge in [0, 0.05) is 6.07 Å². The van der Waals surface area contributed by atoms with Gasteiger partial charge in [0.2, 0.25) is 15.7 Å². The number of nitrogens with zero attached hydrogens (tertiary/aromatic N) is 1. The van der Waals surface area contributed by atoms with E-state index in [2.05, 4.69) is 0 Å². The zero-order valence-corrected chi connectivity index (χ0v) is 13.6. The molecule has 0 aromatic heterocycles. The van der Waals surface area contributed by atoms with E-state index in [1.807, 2.05) is 4.72 Å². The second-order valence-corrected chi connectivity index (χ2v) is 8.38. The van der Waals surface area contributed by atoms with Crippen molar-refractivity contribution in [3.63, 3.8) is 0 Å². The number of phenolic OH excluding ortho intramolecular Hbond substituents is 1. The van der Waals surface area contributed by atoms with E-state index >= 15 is 0 Å². The molecule has 0 fully saturated rings. The molecule has 0 aliphatic carbocycles. The Hall–Kier alpha value is -2.72. The molecular weight excluding hydrogens is 356 g/mol. The molecule has 0 radical (unpaired) electrons. The minimum absolute atomic E-state index is 0.0464. The summed E-state index contributed by atoms with van der Waals surface area (Å²) in [4.78, 5) is -0.141. The van der Waals surface area contributed by atoms with Crippen LogP contribution in [0.3, 0.4) is 0 Å². The fourth-order valence-electron chi connectivity index (χ4n) is 2.18. The second-order valence-electron chi connectivity index (χ2n) is 4.88. The van der Waals surface area contributed by atoms with E-state index < -0.39 is 31.7 Å². The topological polar surface area (TPSA) is 124 Å². The summed E-state index contributed by atoms with van der Waals surface area (Å²) < 4.78 is 51.0. The maximum Gasteiger partial charge on any atom is 0.330 e. The Kier molecular flexibility index (Phi) is 3.65. The number of phenols is 1. The fraction of sp³-hybridized carbons (Fsp3) is 0. The highest BCUT2D eigenvalue weighted by Crippen LogP contribution is 2.34. The molecule has 0 unspecified atom stereocenters. The number of anilines is 1. The molecule has 0 atom stereocenters. The maximum atomic E-state index is 12.5. The first-order valence-corrected chi connectivity index (χ1v) is 9.50. The van der Waals surface area contributed by atoms with Gasteiger partial charge in [0.1, 0.15) is 11.4 Å². The molecule has 8 nitrogen and oxygen atoms in total. The average Bonchev–Trinajstić information content (AvgIpc) is 2.80. The van der Waals surface area contributed by atoms with Gasteiger partial charge >= 0.3 is 10.2 Å². The van der Waals surface area contributed by atoms with E-state index in [-0.39, 0.29) is 15.5 Å². The summed E-state index contributed by atoms with van der Waals surface area (Å²) >= 11 is 0. The van der Waals surface area contributed by atoms with Crippen LogP contribution < -0.4 is 9.03 Å². The van der Waals surface area contributed by atoms with Gasteiger partial charge in [-0.1, -0.05) is 18.2 Å². The number of aliphatic hydroxyl groups is 1. The highest BCUT2D eigenvalue weighted by molar-refractivity contribution is 7.91. The summed E-state index contributed by atoms with van der Waals surface area (Å²) in [5.74, 6) is -1.18. The molecule has 3 rings (SSSR count). The van der Waals surface area contributed by atoms with E-state index in [1.165, 1.54) is 18.2 Å². The Morgan fingerprint density at radius 2 is 1.62 bits per heavy atom. The lowest BCUT2D eigenvalue weighted by Crippen LogP contribution is -2.29. The van der Waals surface area contributed by atoms with E-state index in [9.17, 15) is 27.0 Å². The van der Waals surface area contributed by atoms with Crippen LogP contribution in [0.2, 0.25) is 0 Å². The molecule has 0 bridgehead atoms. The zero-order valence-electron chi connectivity index (χ0n) is 12.0. The lowest BCUT2D eigenvalue weighted by atomic mass is 10.3. The van der Waals surface area contributed by atoms with Gasteiger partial charge in [-0.3, -0.25) is 0 Å². The summed E-state index contributed by atoms with van der Waals surface area (Å²) in [6.45, 7) is 0. The number of aromatic hydroxyl groups is 1. The minimum atomic E-state index is -4.08. The van der Waals surface area contributed by atoms with Crippen LogP contribution in [0.15, 0.2) is 70.4 Å². The lowest BCUT2D eigenvalue weighted by Gasteiger charge is -2.16. The molecule has 1 aliphatic heterocycles. The summed E-state index contributed by atoms with van der Waals surface area (Å²) in [6, 6.07) is 10.9. The van der Waals surface area contributed by atoms with E-state index in [0.717, 1.165) is 18.3 Å². The Morgan fingerprint density at radius 3 is 2.17 bits per heavy atom. The summed E-state index contributed by atoms with van der Waals surface area (Å²) in [5, 5.41) is 19.3. The quantitative estimate of drug-likeness (QED) is 0.749. The third-order valence-corrected chi connectivity index (χ3v) is 6.33. The van der Waals surface area contributed by atoms with E-state index in [0.29, 0.717) is 4.31 Å². The Balaban J connectivity index is 2.06. The van der Waals surface area contributed by atoms with Gasteiger partial charge < -0.3 is 10.2 Å². The number of nitrogens with one attached hydrogen (secondary N) is 1. The van der Waals surface area contributed by atoms with Crippen molar-refractivity contribution in [3.05, 3.63) is 60.6 Å². The molecular formula is C14H12N2O6S2. The van der Waals surface area contributed by atoms with Crippen LogP contribution >= 0.6 is 0 Å². The number of benzene rings is 2. The van der Waals surface area contributed by atoms with Gasteiger partial charge in [-0.05, 0) is 24.3 Å². The van der Waals surface area contributed by atoms with Crippen molar-refractivity contribution in [2.24, 2.45) is 0 Å². The van der Waals surface area contributed by atoms with Crippen molar-refractivity contribution in [2.45, 2.75) is 9.79 Å². The van der Waals surface area contributed by atoms with Gasteiger partial charge in [0.15, 0.2) is 0 Å². The lowest BCUT2D eigenvalue weighted by molar-refractivity contribution is 0.392. The molecule has 2 aromatic rings. The van der Waals surface area contributed by atoms with Crippen molar-refractivity contribution in [1.82, 2.24) is 4.72 Å². The Bertz CT molecular complexity index is 1030. The normalized spacial score (nSPS) is 16.5. The fourth-order valence-corrected chi connectivity index (χ4v) is 4.55. The minimum Gasteiger partial charge on any atom is -0.506 e. The van der Waals surface area contributed by atoms with Crippen molar-refractivity contribution < 1.29 is 27.0 Å². The number of hydrogen-bond acceptors (Lipinski definition) is 6. The monoisotopic (exact) mass is 368 g/mol. The van der Waals surface area contributed by atoms with Crippen LogP contribution in [0.1, 0.15) is 0 Å². The number of hydrogen-bond donors (Lipinski definition) is 3. The molecule has 0 saturated heterocycles. The molecule has 126 valence electrons. The zero-order chi connectivity index (χ0) is 17.5. The molecule has 1 aliphatic rings. The van der Waals surface area contributed by atoms with E-state index in [1.54, 1.807) is 18.2 Å². The predicted molar refractivity (Wildman–Crippen MR) is 85.2 cm³/mol. The third-order valence-electron chi connectivity index (χ3n) is 3.28. The van der Waals surface area contributed by atoms with Crippen LogP contribution in [-0.2, 0) is 20.0 Å². The number of sulfone groups is 1. The standard InChI is InChI=1S/C14H12N2O6S2/c17-13-8-11(23(19,20)10-4-2-1-3-5-10)6-7-12(13)16-9-14(18)15-24(16,21)22/h1-9,15,17-18H. The van der Waals surface area contributed by atoms with Gasteiger partial charge in [0.25, 0.3) is 0 Å². The van der Waals surface area contributed by atoms with E-state index in [4.69, 9.17) is 0 Å². The first-order chi connectivity index (χ1) is 11.2. The van der Waals surface area contributed by atoms with Gasteiger partial charge in [-0.2, -0.15) is 8.42 Å². The summed E-state index contributed by atoms with van der Waals surface area (Å²) in [7, 11) is -7.93. The maximum absolute atomic E-state index is 12.5. The van der Waals surface area contributed by atoms with Crippen LogP contribution in [0.5, 0.6) is 5.75 Å². The van der Waals surface area contributed by atoms with Crippen LogP contribution in [0.25, 0.3) is 0 Å². The highest BCUT2D eigenvalue weighted by Gasteiger charge is 2.31. The van der Waals surface area contributed by atoms with Crippen molar-refractivity contribution in [3.8, 4) is 5.75 Å². The third kappa shape index (κ3) is 2.65. The molecule has 3 N–H and O–H groups in total. The highest BCUT2D eigenvalue weighted by atomic mass is 32.2. The SMILES string of the molecule is O=S(=O)(c1ccccc1)c1ccc(N2C=C(O)NS2(=O)=O)c(O)c1. The first kappa shape index (κ1) is 16.1. The van der Waals surface area contributed by atoms with Gasteiger partial charge in [-0.15, -0.1) is 0 Å². The molecule has 0 spiro atoms. The molecule has 0 saturated carbocycles. The van der Waals surface area contributed by atoms with Crippen LogP contribution in [0.4, 0.5) is 5.69 Å². The first-order valence-electron chi connectivity index (χ1n) is 6.58. The van der Waals surface area contributed by atoms with Crippen LogP contribution in [-0.4, -0.2) is 27.0 Å². The van der Waals surface area contributed by atoms with Crippen molar-refractivity contribution in [2.75, 3.05) is 4.31 Å². The molecule has 10 heteroatoms. The smallest absolute Gasteiger partial charge is 0.330 e. The molecule has 0 amide bonds. The number of aliphatic hydroxyl groups excluding tert-OH is 1. The molecule has 1 heterocycles. The summed E-state index contributed by atoms with van der Waals surface area (Å²) in [6.07, 6.45) is 0.857. The van der Waals surface area contributed by atoms with Crippen molar-refractivity contribution >= 4 is 25.7 Å². The van der Waals surface area contributed by atoms with Gasteiger partial charge in [-0.25, -0.2) is 17.4 Å². The van der Waals surface area contributed by atoms with Crippen LogP contribution in [0, 0.1) is 0 Å². The predicted octanol–water partition coefficient (Wildman–Crippen LogP) is 1.24. The Labute approximate surface area is 138 Å². The largest absolute Gasteiger partial charge is 0.506 e. The van der Waals surface area contributed by atoms with Crippen molar-refractivity contribution in [1.29, 1.82) is 0 Å². The second kappa shape index (κ2) is 5.42. The molecule has 2 aromatic carbocycles. The number of rotatable bonds is 3. The summed E-state index contributed by atoms with van der Waals surface area (Å²) in [5.41, 5.74) is -0.196. The Morgan fingerprint density at radius 1 is 0.958 bits per heavy atom. The molecule has 24 heavy (non-hydrogen) atoms. The average molecular weight is 368 g/mol.